The number of carbonyl (C=O) groups is 1. The van der Waals surface area contributed by atoms with Crippen molar-refractivity contribution in [3.05, 3.63) is 35.9 Å². The summed E-state index contributed by atoms with van der Waals surface area (Å²) >= 11 is 0. The minimum atomic E-state index is -0.0253. The standard InChI is InChI=1S/C11H13NO2/c1-14-10-7-8-12(10)11(13)9-5-3-2-4-6-9/h2-6,10H,7-8H2,1H3. The van der Waals surface area contributed by atoms with Crippen molar-refractivity contribution < 1.29 is 9.53 Å². The van der Waals surface area contributed by atoms with Gasteiger partial charge in [0.05, 0.1) is 0 Å². The summed E-state index contributed by atoms with van der Waals surface area (Å²) in [4.78, 5) is 13.6. The molecule has 0 aliphatic carbocycles. The first-order valence-corrected chi connectivity index (χ1v) is 4.72. The van der Waals surface area contributed by atoms with Crippen LogP contribution < -0.4 is 0 Å². The van der Waals surface area contributed by atoms with Crippen LogP contribution in [0.25, 0.3) is 0 Å². The zero-order valence-electron chi connectivity index (χ0n) is 8.14. The number of likely N-dealkylation sites (tertiary alicyclic amines) is 1. The highest BCUT2D eigenvalue weighted by Crippen LogP contribution is 2.20. The highest BCUT2D eigenvalue weighted by atomic mass is 16.5. The number of methoxy groups -OCH3 is 1. The lowest BCUT2D eigenvalue weighted by Gasteiger charge is -2.39. The maximum atomic E-state index is 11.8. The lowest BCUT2D eigenvalue weighted by Crippen LogP contribution is -2.51. The fourth-order valence-corrected chi connectivity index (χ4v) is 1.59. The first kappa shape index (κ1) is 9.21. The summed E-state index contributed by atoms with van der Waals surface area (Å²) in [7, 11) is 1.63. The molecule has 0 aromatic heterocycles. The van der Waals surface area contributed by atoms with Gasteiger partial charge in [-0.05, 0) is 12.1 Å². The van der Waals surface area contributed by atoms with Crippen LogP contribution in [0.1, 0.15) is 16.8 Å². The van der Waals surface area contributed by atoms with Gasteiger partial charge < -0.3 is 9.64 Å². The van der Waals surface area contributed by atoms with Crippen LogP contribution in [0.4, 0.5) is 0 Å². The molecule has 74 valence electrons. The lowest BCUT2D eigenvalue weighted by atomic mass is 10.1. The van der Waals surface area contributed by atoms with E-state index in [1.54, 1.807) is 12.0 Å². The molecule has 1 aliphatic rings. The maximum absolute atomic E-state index is 11.8. The topological polar surface area (TPSA) is 29.5 Å². The highest BCUT2D eigenvalue weighted by Gasteiger charge is 2.32. The average molecular weight is 191 g/mol. The summed E-state index contributed by atoms with van der Waals surface area (Å²) < 4.78 is 5.15. The smallest absolute Gasteiger partial charge is 0.255 e. The Bertz CT molecular complexity index is 321. The van der Waals surface area contributed by atoms with Gasteiger partial charge in [-0.15, -0.1) is 0 Å². The molecule has 1 aliphatic heterocycles. The molecule has 1 heterocycles. The van der Waals surface area contributed by atoms with E-state index in [1.165, 1.54) is 0 Å². The quantitative estimate of drug-likeness (QED) is 0.709. The van der Waals surface area contributed by atoms with Crippen molar-refractivity contribution in [2.75, 3.05) is 13.7 Å². The Hall–Kier alpha value is -1.35. The molecule has 1 aromatic carbocycles. The van der Waals surface area contributed by atoms with Gasteiger partial charge in [0.1, 0.15) is 6.23 Å². The summed E-state index contributed by atoms with van der Waals surface area (Å²) in [5, 5.41) is 0. The summed E-state index contributed by atoms with van der Waals surface area (Å²) in [5.74, 6) is 0.0590. The normalized spacial score (nSPS) is 20.4. The summed E-state index contributed by atoms with van der Waals surface area (Å²) in [6.07, 6.45) is 0.914. The molecule has 1 amide bonds. The number of hydrogen-bond donors (Lipinski definition) is 0. The van der Waals surface area contributed by atoms with Gasteiger partial charge in [-0.2, -0.15) is 0 Å². The van der Waals surface area contributed by atoms with Crippen molar-refractivity contribution in [2.24, 2.45) is 0 Å². The number of amides is 1. The third-order valence-electron chi connectivity index (χ3n) is 2.52. The molecule has 0 spiro atoms. The Labute approximate surface area is 83.3 Å². The zero-order valence-corrected chi connectivity index (χ0v) is 8.14. The van der Waals surface area contributed by atoms with Gasteiger partial charge in [0.15, 0.2) is 0 Å². The molecule has 3 heteroatoms. The van der Waals surface area contributed by atoms with Crippen molar-refractivity contribution in [1.82, 2.24) is 4.90 Å². The fourth-order valence-electron chi connectivity index (χ4n) is 1.59. The van der Waals surface area contributed by atoms with Crippen molar-refractivity contribution in [3.8, 4) is 0 Å². The first-order valence-electron chi connectivity index (χ1n) is 4.72. The summed E-state index contributed by atoms with van der Waals surface area (Å²) in [5.41, 5.74) is 0.731. The Morgan fingerprint density at radius 3 is 2.64 bits per heavy atom. The van der Waals surface area contributed by atoms with Crippen LogP contribution in [-0.4, -0.2) is 30.7 Å². The van der Waals surface area contributed by atoms with Crippen LogP contribution in [0.3, 0.4) is 0 Å². The van der Waals surface area contributed by atoms with Crippen LogP contribution in [0.15, 0.2) is 30.3 Å². The van der Waals surface area contributed by atoms with Gasteiger partial charge in [0.25, 0.3) is 5.91 Å². The molecule has 3 nitrogen and oxygen atoms in total. The number of nitrogens with zero attached hydrogens (tertiary/aromatic N) is 1. The van der Waals surface area contributed by atoms with E-state index in [1.807, 2.05) is 30.3 Å². The van der Waals surface area contributed by atoms with Gasteiger partial charge in [-0.3, -0.25) is 4.79 Å². The minimum absolute atomic E-state index is 0.0253. The van der Waals surface area contributed by atoms with Crippen LogP contribution in [0, 0.1) is 0 Å². The summed E-state index contributed by atoms with van der Waals surface area (Å²) in [6, 6.07) is 9.30. The Balaban J connectivity index is 2.09. The molecular formula is C11H13NO2. The SMILES string of the molecule is COC1CCN1C(=O)c1ccccc1. The number of rotatable bonds is 2. The van der Waals surface area contributed by atoms with E-state index in [0.29, 0.717) is 0 Å². The van der Waals surface area contributed by atoms with E-state index in [9.17, 15) is 4.79 Å². The van der Waals surface area contributed by atoms with Crippen molar-refractivity contribution in [1.29, 1.82) is 0 Å². The Morgan fingerprint density at radius 1 is 1.43 bits per heavy atom. The molecule has 14 heavy (non-hydrogen) atoms. The number of ether oxygens (including phenoxy) is 1. The molecular weight excluding hydrogens is 178 g/mol. The Kier molecular flexibility index (Phi) is 2.50. The van der Waals surface area contributed by atoms with E-state index in [2.05, 4.69) is 0 Å². The maximum Gasteiger partial charge on any atom is 0.255 e. The van der Waals surface area contributed by atoms with Gasteiger partial charge in [-0.1, -0.05) is 18.2 Å². The molecule has 0 radical (unpaired) electrons. The molecule has 1 saturated heterocycles. The molecule has 1 atom stereocenters. The monoisotopic (exact) mass is 191 g/mol. The van der Waals surface area contributed by atoms with Crippen LogP contribution in [0.2, 0.25) is 0 Å². The van der Waals surface area contributed by atoms with Gasteiger partial charge >= 0.3 is 0 Å². The van der Waals surface area contributed by atoms with Gasteiger partial charge in [0.2, 0.25) is 0 Å². The average Bonchev–Trinajstić information content (AvgIpc) is 2.18. The second-order valence-corrected chi connectivity index (χ2v) is 3.34. The first-order chi connectivity index (χ1) is 6.83. The second kappa shape index (κ2) is 3.80. The molecule has 1 unspecified atom stereocenters. The van der Waals surface area contributed by atoms with E-state index >= 15 is 0 Å². The molecule has 1 aromatic rings. The van der Waals surface area contributed by atoms with Crippen LogP contribution in [0.5, 0.6) is 0 Å². The third-order valence-corrected chi connectivity index (χ3v) is 2.52. The van der Waals surface area contributed by atoms with Crippen molar-refractivity contribution in [2.45, 2.75) is 12.6 Å². The van der Waals surface area contributed by atoms with Crippen molar-refractivity contribution in [3.63, 3.8) is 0 Å². The zero-order chi connectivity index (χ0) is 9.97. The van der Waals surface area contributed by atoms with E-state index in [-0.39, 0.29) is 12.1 Å². The molecule has 0 bridgehead atoms. The second-order valence-electron chi connectivity index (χ2n) is 3.34. The van der Waals surface area contributed by atoms with E-state index in [4.69, 9.17) is 4.74 Å². The van der Waals surface area contributed by atoms with Crippen molar-refractivity contribution >= 4 is 5.91 Å². The van der Waals surface area contributed by atoms with Crippen LogP contribution >= 0.6 is 0 Å². The van der Waals surface area contributed by atoms with Gasteiger partial charge in [-0.25, -0.2) is 0 Å². The highest BCUT2D eigenvalue weighted by molar-refractivity contribution is 5.94. The summed E-state index contributed by atoms with van der Waals surface area (Å²) in [6.45, 7) is 0.798. The number of hydrogen-bond acceptors (Lipinski definition) is 2. The van der Waals surface area contributed by atoms with Crippen LogP contribution in [-0.2, 0) is 4.74 Å². The fraction of sp³-hybridized carbons (Fsp3) is 0.364. The minimum Gasteiger partial charge on any atom is -0.361 e. The van der Waals surface area contributed by atoms with Gasteiger partial charge in [0, 0.05) is 25.6 Å². The molecule has 0 saturated carbocycles. The number of carbonyl (C=O) groups excluding carboxylic acids is 1. The Morgan fingerprint density at radius 2 is 2.14 bits per heavy atom. The lowest BCUT2D eigenvalue weighted by molar-refractivity contribution is -0.0782. The number of benzene rings is 1. The predicted molar refractivity (Wildman–Crippen MR) is 52.9 cm³/mol. The molecule has 0 N–H and O–H groups in total. The molecule has 2 rings (SSSR count). The van der Waals surface area contributed by atoms with E-state index < -0.39 is 0 Å². The third kappa shape index (κ3) is 1.51. The van der Waals surface area contributed by atoms with E-state index in [0.717, 1.165) is 18.5 Å². The largest absolute Gasteiger partial charge is 0.361 e. The molecule has 1 fully saturated rings. The predicted octanol–water partition coefficient (Wildman–Crippen LogP) is 1.51.